The van der Waals surface area contributed by atoms with Gasteiger partial charge in [-0.15, -0.1) is 0 Å². The third-order valence-corrected chi connectivity index (χ3v) is 3.49. The summed E-state index contributed by atoms with van der Waals surface area (Å²) in [4.78, 5) is 16.9. The summed E-state index contributed by atoms with van der Waals surface area (Å²) >= 11 is 0. The van der Waals surface area contributed by atoms with E-state index < -0.39 is 0 Å². The average molecular weight is 259 g/mol. The third kappa shape index (κ3) is 2.50. The number of phenolic OH excluding ortho intramolecular Hbond substituents is 1. The molecule has 2 aromatic rings. The quantitative estimate of drug-likeness (QED) is 0.773. The largest absolute Gasteiger partial charge is 0.508 e. The van der Waals surface area contributed by atoms with Crippen LogP contribution in [0.2, 0.25) is 0 Å². The van der Waals surface area contributed by atoms with Crippen molar-refractivity contribution in [2.45, 2.75) is 19.4 Å². The van der Waals surface area contributed by atoms with Gasteiger partial charge in [0, 0.05) is 30.4 Å². The van der Waals surface area contributed by atoms with Gasteiger partial charge in [0.2, 0.25) is 0 Å². The van der Waals surface area contributed by atoms with Crippen LogP contribution in [0.1, 0.15) is 18.5 Å². The summed E-state index contributed by atoms with van der Waals surface area (Å²) in [6.45, 7) is 2.18. The van der Waals surface area contributed by atoms with E-state index in [1.54, 1.807) is 12.1 Å². The first-order chi connectivity index (χ1) is 9.22. The Morgan fingerprint density at radius 2 is 2.11 bits per heavy atom. The molecule has 19 heavy (non-hydrogen) atoms. The average Bonchev–Trinajstić information content (AvgIpc) is 3.04. The second-order valence-electron chi connectivity index (χ2n) is 4.92. The molecule has 100 valence electrons. The van der Waals surface area contributed by atoms with Crippen molar-refractivity contribution < 1.29 is 9.90 Å². The van der Waals surface area contributed by atoms with E-state index in [1.165, 1.54) is 0 Å². The minimum absolute atomic E-state index is 0.000923. The molecule has 0 spiro atoms. The molecule has 5 nitrogen and oxygen atoms in total. The molecule has 5 heteroatoms. The van der Waals surface area contributed by atoms with Crippen molar-refractivity contribution >= 4 is 16.9 Å². The van der Waals surface area contributed by atoms with E-state index in [4.69, 9.17) is 0 Å². The van der Waals surface area contributed by atoms with Crippen LogP contribution in [0.5, 0.6) is 5.75 Å². The number of aromatic nitrogens is 1. The van der Waals surface area contributed by atoms with Gasteiger partial charge in [-0.05, 0) is 36.4 Å². The van der Waals surface area contributed by atoms with Gasteiger partial charge in [-0.2, -0.15) is 0 Å². The number of carbonyl (C=O) groups excluding carboxylic acids is 1. The smallest absolute Gasteiger partial charge is 0.317 e. The molecule has 1 aliphatic rings. The lowest BCUT2D eigenvalue weighted by atomic mass is 10.2. The molecule has 1 saturated heterocycles. The minimum atomic E-state index is -0.000923. The van der Waals surface area contributed by atoms with Crippen molar-refractivity contribution in [2.75, 3.05) is 13.1 Å². The fraction of sp³-hybridized carbons (Fsp3) is 0.357. The monoisotopic (exact) mass is 259 g/mol. The van der Waals surface area contributed by atoms with E-state index in [1.807, 2.05) is 17.0 Å². The Kier molecular flexibility index (Phi) is 3.03. The number of fused-ring (bicyclic) bond motifs is 1. The maximum absolute atomic E-state index is 11.8. The van der Waals surface area contributed by atoms with Gasteiger partial charge >= 0.3 is 6.03 Å². The molecule has 0 saturated carbocycles. The Labute approximate surface area is 111 Å². The number of hydrogen-bond donors (Lipinski definition) is 3. The SMILES string of the molecule is O=C(NCc1cc2ccc(O)cc2[nH]1)N1CCCC1. The molecule has 2 amide bonds. The van der Waals surface area contributed by atoms with Crippen molar-refractivity contribution in [2.24, 2.45) is 0 Å². The first kappa shape index (κ1) is 11.9. The molecule has 0 bridgehead atoms. The summed E-state index contributed by atoms with van der Waals surface area (Å²) in [6.07, 6.45) is 2.19. The number of aromatic hydroxyl groups is 1. The number of nitrogens with one attached hydrogen (secondary N) is 2. The summed E-state index contributed by atoms with van der Waals surface area (Å²) in [7, 11) is 0. The highest BCUT2D eigenvalue weighted by molar-refractivity contribution is 5.82. The molecule has 1 fully saturated rings. The van der Waals surface area contributed by atoms with E-state index in [-0.39, 0.29) is 11.8 Å². The van der Waals surface area contributed by atoms with Crippen LogP contribution in [-0.4, -0.2) is 34.1 Å². The van der Waals surface area contributed by atoms with Crippen LogP contribution in [-0.2, 0) is 6.54 Å². The predicted molar refractivity (Wildman–Crippen MR) is 73.0 cm³/mol. The van der Waals surface area contributed by atoms with Crippen LogP contribution < -0.4 is 5.32 Å². The molecule has 0 unspecified atom stereocenters. The number of aromatic amines is 1. The van der Waals surface area contributed by atoms with Gasteiger partial charge in [-0.1, -0.05) is 0 Å². The van der Waals surface area contributed by atoms with Crippen LogP contribution in [0.4, 0.5) is 4.79 Å². The summed E-state index contributed by atoms with van der Waals surface area (Å²) in [5.41, 5.74) is 1.82. The number of hydrogen-bond acceptors (Lipinski definition) is 2. The number of rotatable bonds is 2. The van der Waals surface area contributed by atoms with Crippen molar-refractivity contribution in [3.8, 4) is 5.75 Å². The number of nitrogens with zero attached hydrogens (tertiary/aromatic N) is 1. The topological polar surface area (TPSA) is 68.4 Å². The van der Waals surface area contributed by atoms with Crippen molar-refractivity contribution in [3.63, 3.8) is 0 Å². The van der Waals surface area contributed by atoms with Crippen LogP contribution in [0.3, 0.4) is 0 Å². The maximum Gasteiger partial charge on any atom is 0.317 e. The molecule has 0 atom stereocenters. The van der Waals surface area contributed by atoms with Gasteiger partial charge in [0.1, 0.15) is 5.75 Å². The first-order valence-electron chi connectivity index (χ1n) is 6.56. The molecule has 1 aromatic heterocycles. The van der Waals surface area contributed by atoms with Crippen LogP contribution in [0.15, 0.2) is 24.3 Å². The molecular formula is C14H17N3O2. The number of urea groups is 1. The number of likely N-dealkylation sites (tertiary alicyclic amines) is 1. The molecule has 1 aromatic carbocycles. The summed E-state index contributed by atoms with van der Waals surface area (Å²) in [5.74, 6) is 0.238. The standard InChI is InChI=1S/C14H17N3O2/c18-12-4-3-10-7-11(16-13(10)8-12)9-15-14(19)17-5-1-2-6-17/h3-4,7-8,16,18H,1-2,5-6,9H2,(H,15,19). The lowest BCUT2D eigenvalue weighted by Gasteiger charge is -2.15. The highest BCUT2D eigenvalue weighted by Gasteiger charge is 2.17. The minimum Gasteiger partial charge on any atom is -0.508 e. The molecule has 1 aliphatic heterocycles. The fourth-order valence-electron chi connectivity index (χ4n) is 2.47. The predicted octanol–water partition coefficient (Wildman–Crippen LogP) is 2.18. The second-order valence-corrected chi connectivity index (χ2v) is 4.92. The van der Waals surface area contributed by atoms with E-state index in [9.17, 15) is 9.90 Å². The summed E-state index contributed by atoms with van der Waals surface area (Å²) in [5, 5.41) is 13.3. The Morgan fingerprint density at radius 1 is 1.32 bits per heavy atom. The highest BCUT2D eigenvalue weighted by Crippen LogP contribution is 2.20. The van der Waals surface area contributed by atoms with Gasteiger partial charge < -0.3 is 20.3 Å². The second kappa shape index (κ2) is 4.84. The number of carbonyl (C=O) groups is 1. The van der Waals surface area contributed by atoms with Gasteiger partial charge in [0.25, 0.3) is 0 Å². The number of benzene rings is 1. The zero-order valence-electron chi connectivity index (χ0n) is 10.6. The molecule has 0 radical (unpaired) electrons. The van der Waals surface area contributed by atoms with Gasteiger partial charge in [-0.3, -0.25) is 0 Å². The normalized spacial score (nSPS) is 15.1. The zero-order chi connectivity index (χ0) is 13.2. The maximum atomic E-state index is 11.8. The Hall–Kier alpha value is -2.17. The van der Waals surface area contributed by atoms with E-state index in [0.29, 0.717) is 6.54 Å². The van der Waals surface area contributed by atoms with Crippen molar-refractivity contribution in [1.29, 1.82) is 0 Å². The van der Waals surface area contributed by atoms with Gasteiger partial charge in [0.05, 0.1) is 6.54 Å². The Morgan fingerprint density at radius 3 is 2.89 bits per heavy atom. The van der Waals surface area contributed by atoms with E-state index in [2.05, 4.69) is 10.3 Å². The van der Waals surface area contributed by atoms with Crippen LogP contribution in [0, 0.1) is 0 Å². The van der Waals surface area contributed by atoms with Crippen molar-refractivity contribution in [3.05, 3.63) is 30.0 Å². The number of phenols is 1. The third-order valence-electron chi connectivity index (χ3n) is 3.49. The van der Waals surface area contributed by atoms with Crippen LogP contribution >= 0.6 is 0 Å². The van der Waals surface area contributed by atoms with Gasteiger partial charge in [-0.25, -0.2) is 4.79 Å². The highest BCUT2D eigenvalue weighted by atomic mass is 16.3. The summed E-state index contributed by atoms with van der Waals surface area (Å²) in [6, 6.07) is 7.18. The Balaban J connectivity index is 1.66. The zero-order valence-corrected chi connectivity index (χ0v) is 10.6. The lowest BCUT2D eigenvalue weighted by Crippen LogP contribution is -2.37. The molecular weight excluding hydrogens is 242 g/mol. The summed E-state index contributed by atoms with van der Waals surface area (Å²) < 4.78 is 0. The number of H-pyrrole nitrogens is 1. The van der Waals surface area contributed by atoms with Gasteiger partial charge in [0.15, 0.2) is 0 Å². The fourth-order valence-corrected chi connectivity index (χ4v) is 2.47. The van der Waals surface area contributed by atoms with Crippen molar-refractivity contribution in [1.82, 2.24) is 15.2 Å². The molecule has 3 N–H and O–H groups in total. The molecule has 0 aliphatic carbocycles. The van der Waals surface area contributed by atoms with Crippen LogP contribution in [0.25, 0.3) is 10.9 Å². The Bertz CT molecular complexity index is 600. The lowest BCUT2D eigenvalue weighted by molar-refractivity contribution is 0.208. The van der Waals surface area contributed by atoms with E-state index in [0.717, 1.165) is 42.5 Å². The van der Waals surface area contributed by atoms with E-state index >= 15 is 0 Å². The number of amides is 2. The first-order valence-corrected chi connectivity index (χ1v) is 6.56. The molecule has 2 heterocycles. The molecule has 3 rings (SSSR count).